The minimum Gasteiger partial charge on any atom is -0.444 e. The SMILES string of the molecule is C.CC(C)(C)OC(=O)NCCC[C@H](NC(=O)c1cccnc1)C(O)COC(C(F)(F)F)C(F)(F)F.NCCC[C@H](NC(=O)c1cccnc1)C(O)COC(C(F)(F)F)C(F)(F)F. The number of nitrogens with zero attached hydrogens (tertiary/aromatic N) is 2. The number of aliphatic hydroxyl groups is 2. The highest BCUT2D eigenvalue weighted by Gasteiger charge is 2.59. The van der Waals surface area contributed by atoms with Crippen molar-refractivity contribution in [3.63, 3.8) is 0 Å². The van der Waals surface area contributed by atoms with Crippen LogP contribution in [0.2, 0.25) is 0 Å². The van der Waals surface area contributed by atoms with Crippen molar-refractivity contribution < 1.29 is 91.5 Å². The van der Waals surface area contributed by atoms with Crippen LogP contribution in [0.3, 0.4) is 0 Å². The number of carbonyl (C=O) groups excluding carboxylic acids is 3. The highest BCUT2D eigenvalue weighted by molar-refractivity contribution is 5.94. The summed E-state index contributed by atoms with van der Waals surface area (Å²) in [5.74, 6) is -1.46. The first-order chi connectivity index (χ1) is 28.0. The second kappa shape index (κ2) is 25.5. The highest BCUT2D eigenvalue weighted by atomic mass is 19.4. The fourth-order valence-corrected chi connectivity index (χ4v) is 4.75. The molecular weight excluding hydrogens is 872 g/mol. The molecular formula is C36H50F12N6O8. The van der Waals surface area contributed by atoms with Crippen molar-refractivity contribution in [1.29, 1.82) is 0 Å². The zero-order valence-corrected chi connectivity index (χ0v) is 32.6. The van der Waals surface area contributed by atoms with E-state index in [1.807, 2.05) is 0 Å². The van der Waals surface area contributed by atoms with E-state index < -0.39 is 97.9 Å². The Hall–Kier alpha value is -4.53. The van der Waals surface area contributed by atoms with Crippen LogP contribution in [-0.2, 0) is 14.2 Å². The Kier molecular flexibility index (Phi) is 23.7. The molecule has 2 aromatic rings. The fraction of sp³-hybridized carbons (Fsp3) is 0.639. The van der Waals surface area contributed by atoms with E-state index in [1.165, 1.54) is 49.1 Å². The maximum absolute atomic E-state index is 12.7. The van der Waals surface area contributed by atoms with Gasteiger partial charge in [0.1, 0.15) is 5.60 Å². The van der Waals surface area contributed by atoms with E-state index in [9.17, 15) is 77.3 Å². The van der Waals surface area contributed by atoms with Gasteiger partial charge in [-0.05, 0) is 77.3 Å². The lowest BCUT2D eigenvalue weighted by atomic mass is 10.0. The van der Waals surface area contributed by atoms with Crippen LogP contribution in [0.15, 0.2) is 49.1 Å². The molecule has 0 aliphatic heterocycles. The number of aromatic nitrogens is 2. The number of pyridine rings is 2. The van der Waals surface area contributed by atoms with Crippen LogP contribution in [0.5, 0.6) is 0 Å². The van der Waals surface area contributed by atoms with Gasteiger partial charge in [0.2, 0.25) is 12.2 Å². The Bertz CT molecular complexity index is 1570. The van der Waals surface area contributed by atoms with Gasteiger partial charge in [-0.1, -0.05) is 7.43 Å². The second-order valence-electron chi connectivity index (χ2n) is 13.9. The van der Waals surface area contributed by atoms with Gasteiger partial charge in [0.15, 0.2) is 0 Å². The highest BCUT2D eigenvalue weighted by Crippen LogP contribution is 2.37. The molecule has 0 aliphatic rings. The third-order valence-corrected chi connectivity index (χ3v) is 7.55. The Morgan fingerprint density at radius 2 is 1.05 bits per heavy atom. The van der Waals surface area contributed by atoms with Gasteiger partial charge < -0.3 is 46.1 Å². The first-order valence-electron chi connectivity index (χ1n) is 17.9. The first kappa shape index (κ1) is 57.5. The summed E-state index contributed by atoms with van der Waals surface area (Å²) in [6, 6.07) is 3.20. The molecule has 0 saturated carbocycles. The summed E-state index contributed by atoms with van der Waals surface area (Å²) in [6.07, 6.45) is -30.1. The van der Waals surface area contributed by atoms with Crippen LogP contribution in [0.4, 0.5) is 57.5 Å². The molecule has 0 fully saturated rings. The van der Waals surface area contributed by atoms with E-state index >= 15 is 0 Å². The van der Waals surface area contributed by atoms with Crippen LogP contribution >= 0.6 is 0 Å². The number of rotatable bonds is 19. The van der Waals surface area contributed by atoms with Crippen molar-refractivity contribution >= 4 is 17.9 Å². The molecule has 62 heavy (non-hydrogen) atoms. The van der Waals surface area contributed by atoms with Gasteiger partial charge in [0, 0.05) is 31.3 Å². The number of amides is 3. The molecule has 0 aliphatic carbocycles. The normalized spacial score (nSPS) is 14.4. The number of ether oxygens (including phenoxy) is 3. The lowest BCUT2D eigenvalue weighted by Crippen LogP contribution is -2.49. The number of carbonyl (C=O) groups is 3. The van der Waals surface area contributed by atoms with Crippen molar-refractivity contribution in [2.24, 2.45) is 5.73 Å². The van der Waals surface area contributed by atoms with Gasteiger partial charge in [0.05, 0.1) is 48.6 Å². The molecule has 2 rings (SSSR count). The molecule has 14 nitrogen and oxygen atoms in total. The molecule has 4 atom stereocenters. The third kappa shape index (κ3) is 22.5. The van der Waals surface area contributed by atoms with Gasteiger partial charge in [-0.3, -0.25) is 19.6 Å². The molecule has 2 unspecified atom stereocenters. The number of hydrogen-bond donors (Lipinski definition) is 6. The van der Waals surface area contributed by atoms with E-state index in [4.69, 9.17) is 10.5 Å². The zero-order chi connectivity index (χ0) is 46.8. The van der Waals surface area contributed by atoms with Gasteiger partial charge in [-0.2, -0.15) is 52.7 Å². The summed E-state index contributed by atoms with van der Waals surface area (Å²) >= 11 is 0. The van der Waals surface area contributed by atoms with Crippen molar-refractivity contribution in [1.82, 2.24) is 25.9 Å². The largest absolute Gasteiger partial charge is 0.444 e. The number of aliphatic hydroxyl groups excluding tert-OH is 2. The minimum atomic E-state index is -5.75. The summed E-state index contributed by atoms with van der Waals surface area (Å²) in [4.78, 5) is 43.6. The Morgan fingerprint density at radius 1 is 0.677 bits per heavy atom. The summed E-state index contributed by atoms with van der Waals surface area (Å²) in [6.45, 7) is 2.41. The molecule has 0 spiro atoms. The quantitative estimate of drug-likeness (QED) is 0.0736. The predicted molar refractivity (Wildman–Crippen MR) is 195 cm³/mol. The van der Waals surface area contributed by atoms with E-state index in [1.54, 1.807) is 20.8 Å². The van der Waals surface area contributed by atoms with E-state index in [0.29, 0.717) is 0 Å². The monoisotopic (exact) mass is 922 g/mol. The summed E-state index contributed by atoms with van der Waals surface area (Å²) in [5.41, 5.74) is 4.72. The van der Waals surface area contributed by atoms with Crippen LogP contribution in [0.25, 0.3) is 0 Å². The van der Waals surface area contributed by atoms with Gasteiger partial charge in [-0.25, -0.2) is 4.79 Å². The van der Waals surface area contributed by atoms with E-state index in [-0.39, 0.29) is 57.3 Å². The van der Waals surface area contributed by atoms with Crippen LogP contribution < -0.4 is 21.7 Å². The molecule has 7 N–H and O–H groups in total. The molecule has 3 amide bonds. The number of nitrogens with one attached hydrogen (secondary N) is 3. The molecule has 0 aromatic carbocycles. The van der Waals surface area contributed by atoms with E-state index in [0.717, 1.165) is 0 Å². The van der Waals surface area contributed by atoms with E-state index in [2.05, 4.69) is 35.4 Å². The lowest BCUT2D eigenvalue weighted by molar-refractivity contribution is -0.325. The predicted octanol–water partition coefficient (Wildman–Crippen LogP) is 5.78. The van der Waals surface area contributed by atoms with Gasteiger partial charge in [0.25, 0.3) is 11.8 Å². The summed E-state index contributed by atoms with van der Waals surface area (Å²) in [7, 11) is 0. The van der Waals surface area contributed by atoms with Crippen LogP contribution in [0.1, 0.15) is 74.6 Å². The first-order valence-corrected chi connectivity index (χ1v) is 17.9. The molecule has 0 radical (unpaired) electrons. The number of halogens is 12. The Labute approximate surface area is 348 Å². The molecule has 0 bridgehead atoms. The summed E-state index contributed by atoms with van der Waals surface area (Å²) in [5, 5.41) is 27.3. The number of nitrogens with two attached hydrogens (primary N) is 1. The van der Waals surface area contributed by atoms with Crippen LogP contribution in [-0.4, -0.2) is 131 Å². The number of alkyl halides is 12. The smallest absolute Gasteiger partial charge is 0.423 e. The molecule has 0 saturated heterocycles. The van der Waals surface area contributed by atoms with Crippen molar-refractivity contribution in [3.8, 4) is 0 Å². The number of alkyl carbamates (subject to hydrolysis) is 1. The average Bonchev–Trinajstić information content (AvgIpc) is 3.12. The van der Waals surface area contributed by atoms with Gasteiger partial charge >= 0.3 is 30.8 Å². The fourth-order valence-electron chi connectivity index (χ4n) is 4.75. The van der Waals surface area contributed by atoms with Crippen molar-refractivity contribution in [2.45, 2.75) is 121 Å². The van der Waals surface area contributed by atoms with Crippen LogP contribution in [0, 0.1) is 0 Å². The molecule has 2 aromatic heterocycles. The van der Waals surface area contributed by atoms with Gasteiger partial charge in [-0.15, -0.1) is 0 Å². The molecule has 356 valence electrons. The third-order valence-electron chi connectivity index (χ3n) is 7.55. The number of hydrogen-bond acceptors (Lipinski definition) is 11. The second-order valence-corrected chi connectivity index (χ2v) is 13.9. The topological polar surface area (TPSA) is 207 Å². The molecule has 26 heteroatoms. The lowest BCUT2D eigenvalue weighted by Gasteiger charge is -2.28. The standard InChI is InChI=1S/C20H27F6N3O5.C15H19F6N3O3.CH4/c1-18(2,3)34-17(32)28-9-5-7-13(29-15(31)12-6-4-8-27-10-12)14(30)11-33-16(19(21,22)23)20(24,25)26;16-14(17,18)13(15(19,20)21)27-8-11(25)10(4-1-5-22)24-12(26)9-3-2-6-23-7-9;/h4,6,8,10,13-14,16,30H,5,7,9,11H2,1-3H3,(H,28,32)(H,29,31);2-3,6-7,10-11,13,25H,1,4-5,8,22H2,(H,24,26);1H4/t13-,14?;10-,11?;/m00./s1. The zero-order valence-electron chi connectivity index (χ0n) is 32.6. The molecule has 2 heterocycles. The Balaban J connectivity index is 0.00000121. The minimum absolute atomic E-state index is 0. The Morgan fingerprint density at radius 3 is 1.35 bits per heavy atom. The maximum atomic E-state index is 12.7. The summed E-state index contributed by atoms with van der Waals surface area (Å²) < 4.78 is 164. The average molecular weight is 923 g/mol. The maximum Gasteiger partial charge on any atom is 0.423 e. The van der Waals surface area contributed by atoms with Crippen molar-refractivity contribution in [2.75, 3.05) is 26.3 Å². The van der Waals surface area contributed by atoms with Crippen molar-refractivity contribution in [3.05, 3.63) is 60.2 Å².